The molecule has 11 nitrogen and oxygen atoms in total. The molecular formula is C39H48N6O5S2. The van der Waals surface area contributed by atoms with Crippen LogP contribution in [0.1, 0.15) is 70.3 Å². The molecule has 0 radical (unpaired) electrons. The van der Waals surface area contributed by atoms with Crippen molar-refractivity contribution >= 4 is 71.3 Å². The van der Waals surface area contributed by atoms with Gasteiger partial charge in [0.05, 0.1) is 35.8 Å². The van der Waals surface area contributed by atoms with Crippen LogP contribution in [0.5, 0.6) is 5.75 Å². The summed E-state index contributed by atoms with van der Waals surface area (Å²) in [6.07, 6.45) is 12.7. The number of benzene rings is 2. The molecule has 2 aromatic carbocycles. The van der Waals surface area contributed by atoms with Gasteiger partial charge in [-0.2, -0.15) is 0 Å². The first-order valence-electron chi connectivity index (χ1n) is 17.8. The van der Waals surface area contributed by atoms with E-state index in [2.05, 4.69) is 56.5 Å². The highest BCUT2D eigenvalue weighted by atomic mass is 32.1. The van der Waals surface area contributed by atoms with Crippen LogP contribution in [0.25, 0.3) is 9.53 Å². The molecule has 0 amide bonds. The Hall–Kier alpha value is -4.75. The lowest BCUT2D eigenvalue weighted by atomic mass is 10.1. The predicted molar refractivity (Wildman–Crippen MR) is 211 cm³/mol. The molecule has 0 fully saturated rings. The second kappa shape index (κ2) is 22.2. The standard InChI is InChI=1S/C39H48N6O5S2/c1-5-36(46)49-25-16-14-12-10-8-9-11-13-15-24-48-32-20-17-30(18-21-32)41-43-35-28-34-38(52-35)40-39(51-34)44-42-33-22-19-31(27-29(33)4)45(7-3)23-26-50-37(47)6-2/h5-6,17-22,27-28H,1-2,7-16,23-26H2,3-4H3/b43-41+,44-42+. The number of hydrogen-bond donors (Lipinski definition) is 0. The molecule has 0 spiro atoms. The number of carbonyl (C=O) groups excluding carboxylic acids is 2. The van der Waals surface area contributed by atoms with Gasteiger partial charge in [0, 0.05) is 24.4 Å². The number of nitrogens with zero attached hydrogens (tertiary/aromatic N) is 6. The molecule has 0 saturated carbocycles. The number of fused-ring (bicyclic) bond motifs is 1. The van der Waals surface area contributed by atoms with Crippen LogP contribution in [0.15, 0.2) is 94.3 Å². The lowest BCUT2D eigenvalue weighted by Gasteiger charge is -2.23. The lowest BCUT2D eigenvalue weighted by molar-refractivity contribution is -0.138. The summed E-state index contributed by atoms with van der Waals surface area (Å²) in [5.41, 5.74) is 3.52. The highest BCUT2D eigenvalue weighted by molar-refractivity contribution is 7.30. The van der Waals surface area contributed by atoms with Crippen molar-refractivity contribution < 1.29 is 23.8 Å². The third kappa shape index (κ3) is 13.8. The van der Waals surface area contributed by atoms with E-state index >= 15 is 0 Å². The molecule has 0 aliphatic carbocycles. The smallest absolute Gasteiger partial charge is 0.330 e. The van der Waals surface area contributed by atoms with E-state index in [1.807, 2.05) is 49.4 Å². The van der Waals surface area contributed by atoms with Gasteiger partial charge in [0.1, 0.15) is 22.2 Å². The number of esters is 2. The van der Waals surface area contributed by atoms with Gasteiger partial charge in [0.15, 0.2) is 0 Å². The molecule has 2 aromatic heterocycles. The molecule has 276 valence electrons. The average molecular weight is 745 g/mol. The zero-order valence-electron chi connectivity index (χ0n) is 30.1. The van der Waals surface area contributed by atoms with Crippen LogP contribution in [0.2, 0.25) is 0 Å². The van der Waals surface area contributed by atoms with Crippen LogP contribution < -0.4 is 9.64 Å². The van der Waals surface area contributed by atoms with Crippen LogP contribution in [0.4, 0.5) is 27.2 Å². The minimum Gasteiger partial charge on any atom is -0.494 e. The van der Waals surface area contributed by atoms with Crippen molar-refractivity contribution in [1.29, 1.82) is 0 Å². The first kappa shape index (κ1) is 40.0. The molecule has 2 heterocycles. The molecule has 0 aliphatic heterocycles. The van der Waals surface area contributed by atoms with E-state index in [-0.39, 0.29) is 12.6 Å². The molecule has 0 saturated heterocycles. The number of likely N-dealkylation sites (N-methyl/N-ethyl adjacent to an activating group) is 1. The number of ether oxygens (including phenoxy) is 3. The number of anilines is 1. The van der Waals surface area contributed by atoms with Crippen molar-refractivity contribution in [3.05, 3.63) is 79.4 Å². The number of carbonyl (C=O) groups is 2. The molecule has 4 rings (SSSR count). The normalized spacial score (nSPS) is 11.3. The van der Waals surface area contributed by atoms with Crippen molar-refractivity contribution in [2.24, 2.45) is 20.5 Å². The fourth-order valence-electron chi connectivity index (χ4n) is 5.21. The topological polar surface area (TPSA) is 127 Å². The zero-order valence-corrected chi connectivity index (χ0v) is 31.8. The molecule has 0 unspecified atom stereocenters. The van der Waals surface area contributed by atoms with Crippen molar-refractivity contribution in [1.82, 2.24) is 4.98 Å². The van der Waals surface area contributed by atoms with Gasteiger partial charge in [-0.3, -0.25) is 0 Å². The Morgan fingerprint density at radius 3 is 2.06 bits per heavy atom. The van der Waals surface area contributed by atoms with Gasteiger partial charge in [0.25, 0.3) is 0 Å². The van der Waals surface area contributed by atoms with Crippen LogP contribution >= 0.6 is 22.7 Å². The summed E-state index contributed by atoms with van der Waals surface area (Å²) >= 11 is 2.92. The van der Waals surface area contributed by atoms with E-state index in [1.165, 1.54) is 66.9 Å². The maximum Gasteiger partial charge on any atom is 0.330 e. The maximum absolute atomic E-state index is 11.3. The second-order valence-electron chi connectivity index (χ2n) is 12.0. The Morgan fingerprint density at radius 2 is 1.42 bits per heavy atom. The molecule has 13 heteroatoms. The first-order chi connectivity index (χ1) is 25.4. The molecular weight excluding hydrogens is 697 g/mol. The van der Waals surface area contributed by atoms with Crippen LogP contribution in [0.3, 0.4) is 0 Å². The van der Waals surface area contributed by atoms with Gasteiger partial charge >= 0.3 is 11.9 Å². The Labute approximate surface area is 314 Å². The molecule has 52 heavy (non-hydrogen) atoms. The Kier molecular flexibility index (Phi) is 17.1. The number of aryl methyl sites for hydroxylation is 1. The van der Waals surface area contributed by atoms with E-state index in [0.29, 0.717) is 24.9 Å². The molecule has 0 bridgehead atoms. The summed E-state index contributed by atoms with van der Waals surface area (Å²) in [4.78, 5) is 29.9. The molecule has 4 aromatic rings. The van der Waals surface area contributed by atoms with Gasteiger partial charge in [-0.15, -0.1) is 20.5 Å². The molecule has 0 atom stereocenters. The van der Waals surface area contributed by atoms with Crippen molar-refractivity contribution in [3.8, 4) is 5.75 Å². The monoisotopic (exact) mass is 744 g/mol. The summed E-state index contributed by atoms with van der Waals surface area (Å²) in [7, 11) is 0. The van der Waals surface area contributed by atoms with E-state index in [9.17, 15) is 9.59 Å². The van der Waals surface area contributed by atoms with Gasteiger partial charge in [-0.05, 0) is 80.8 Å². The second-order valence-corrected chi connectivity index (χ2v) is 14.0. The zero-order chi connectivity index (χ0) is 37.0. The fraction of sp³-hybridized carbons (Fsp3) is 0.410. The fourth-order valence-corrected chi connectivity index (χ4v) is 7.06. The number of aromatic nitrogens is 1. The largest absolute Gasteiger partial charge is 0.494 e. The number of rotatable bonds is 24. The van der Waals surface area contributed by atoms with Gasteiger partial charge < -0.3 is 19.1 Å². The van der Waals surface area contributed by atoms with Crippen molar-refractivity contribution in [2.45, 2.75) is 71.6 Å². The average Bonchev–Trinajstić information content (AvgIpc) is 3.72. The van der Waals surface area contributed by atoms with E-state index < -0.39 is 5.97 Å². The quantitative estimate of drug-likeness (QED) is 0.0302. The predicted octanol–water partition coefficient (Wildman–Crippen LogP) is 11.7. The maximum atomic E-state index is 11.3. The Bertz CT molecular complexity index is 1770. The first-order valence-corrected chi connectivity index (χ1v) is 19.4. The SMILES string of the molecule is C=CC(=O)OCCCCCCCCCCCOc1ccc(/N=N/c2cc3sc(/N=N/c4ccc(N(CC)CCOC(=O)C=C)cc4C)nc3s2)cc1. The van der Waals surface area contributed by atoms with Crippen LogP contribution in [-0.2, 0) is 19.1 Å². The van der Waals surface area contributed by atoms with Gasteiger partial charge in [0.2, 0.25) is 5.13 Å². The summed E-state index contributed by atoms with van der Waals surface area (Å²) < 4.78 is 17.0. The van der Waals surface area contributed by atoms with Crippen molar-refractivity contribution in [2.75, 3.05) is 37.8 Å². The number of unbranched alkanes of at least 4 members (excludes halogenated alkanes) is 8. The molecule has 0 N–H and O–H groups in total. The number of thiazole rings is 1. The highest BCUT2D eigenvalue weighted by Gasteiger charge is 2.10. The summed E-state index contributed by atoms with van der Waals surface area (Å²) in [6, 6.07) is 15.6. The number of thiophene rings is 1. The van der Waals surface area contributed by atoms with Crippen LogP contribution in [0, 0.1) is 6.92 Å². The number of hydrogen-bond acceptors (Lipinski definition) is 13. The van der Waals surface area contributed by atoms with E-state index in [0.717, 1.165) is 75.1 Å². The Balaban J connectivity index is 1.14. The third-order valence-corrected chi connectivity index (χ3v) is 10.0. The third-order valence-electron chi connectivity index (χ3n) is 8.08. The summed E-state index contributed by atoms with van der Waals surface area (Å²) in [5, 5.41) is 19.0. The Morgan fingerprint density at radius 1 is 0.769 bits per heavy atom. The van der Waals surface area contributed by atoms with E-state index in [1.54, 1.807) is 0 Å². The van der Waals surface area contributed by atoms with E-state index in [4.69, 9.17) is 14.2 Å². The highest BCUT2D eigenvalue weighted by Crippen LogP contribution is 2.39. The summed E-state index contributed by atoms with van der Waals surface area (Å²) in [5.74, 6) is 0.0705. The van der Waals surface area contributed by atoms with Gasteiger partial charge in [-0.25, -0.2) is 14.6 Å². The van der Waals surface area contributed by atoms with Crippen molar-refractivity contribution in [3.63, 3.8) is 0 Å². The lowest BCUT2D eigenvalue weighted by Crippen LogP contribution is -2.27. The summed E-state index contributed by atoms with van der Waals surface area (Å²) in [6.45, 7) is 13.7. The number of azo groups is 2. The molecule has 0 aliphatic rings. The van der Waals surface area contributed by atoms with Gasteiger partial charge in [-0.1, -0.05) is 80.8 Å². The van der Waals surface area contributed by atoms with Crippen LogP contribution in [-0.4, -0.2) is 49.8 Å². The minimum absolute atomic E-state index is 0.290. The minimum atomic E-state index is -0.421.